The number of hydrogen-bond donors (Lipinski definition) is 2. The Bertz CT molecular complexity index is 540. The number of rotatable bonds is 5. The fourth-order valence-corrected chi connectivity index (χ4v) is 1.89. The van der Waals surface area contributed by atoms with E-state index in [4.69, 9.17) is 16.7 Å². The van der Waals surface area contributed by atoms with Crippen LogP contribution in [0.1, 0.15) is 25.1 Å². The van der Waals surface area contributed by atoms with Gasteiger partial charge in [0.05, 0.1) is 11.0 Å². The van der Waals surface area contributed by atoms with Crippen molar-refractivity contribution in [3.63, 3.8) is 0 Å². The molecule has 18 heavy (non-hydrogen) atoms. The largest absolute Gasteiger partial charge is 0.481 e. The van der Waals surface area contributed by atoms with Crippen LogP contribution in [0.5, 0.6) is 0 Å². The van der Waals surface area contributed by atoms with Crippen LogP contribution in [0.2, 0.25) is 5.02 Å². The number of fused-ring (bicyclic) bond motifs is 1. The number of halogens is 2. The van der Waals surface area contributed by atoms with Gasteiger partial charge in [0, 0.05) is 17.9 Å². The Kier molecular flexibility index (Phi) is 5.44. The van der Waals surface area contributed by atoms with Crippen molar-refractivity contribution < 1.29 is 9.90 Å². The number of benzene rings is 1. The van der Waals surface area contributed by atoms with Crippen LogP contribution in [0.25, 0.3) is 11.0 Å². The van der Waals surface area contributed by atoms with Gasteiger partial charge < -0.3 is 10.1 Å². The summed E-state index contributed by atoms with van der Waals surface area (Å²) in [4.78, 5) is 17.9. The first-order valence-corrected chi connectivity index (χ1v) is 5.89. The summed E-state index contributed by atoms with van der Waals surface area (Å²) < 4.78 is 0. The number of carboxylic acid groups (broad SMARTS) is 1. The first-order chi connectivity index (χ1) is 8.15. The number of aromatic nitrogens is 2. The third kappa shape index (κ3) is 3.89. The fraction of sp³-hybridized carbons (Fsp3) is 0.333. The molecule has 0 fully saturated rings. The maximum Gasteiger partial charge on any atom is 0.303 e. The van der Waals surface area contributed by atoms with E-state index < -0.39 is 5.97 Å². The van der Waals surface area contributed by atoms with E-state index in [0.717, 1.165) is 29.7 Å². The summed E-state index contributed by atoms with van der Waals surface area (Å²) in [7, 11) is 0. The van der Waals surface area contributed by atoms with E-state index in [9.17, 15) is 4.79 Å². The Morgan fingerprint density at radius 2 is 2.17 bits per heavy atom. The third-order valence-electron chi connectivity index (χ3n) is 2.55. The molecule has 1 aromatic carbocycles. The molecule has 0 saturated heterocycles. The molecule has 1 heterocycles. The number of nitrogens with zero attached hydrogens (tertiary/aromatic N) is 1. The number of unbranched alkanes of at least 4 members (excludes halogenated alkanes) is 1. The van der Waals surface area contributed by atoms with Crippen molar-refractivity contribution in [3.05, 3.63) is 29.0 Å². The molecule has 0 saturated carbocycles. The van der Waals surface area contributed by atoms with E-state index in [0.29, 0.717) is 11.4 Å². The van der Waals surface area contributed by atoms with Gasteiger partial charge in [-0.25, -0.2) is 4.98 Å². The molecule has 6 heteroatoms. The maximum absolute atomic E-state index is 10.4. The molecular formula is C12H14Cl2N2O2. The maximum atomic E-state index is 10.4. The number of nitrogens with one attached hydrogen (secondary N) is 1. The van der Waals surface area contributed by atoms with Gasteiger partial charge in [0.15, 0.2) is 0 Å². The minimum absolute atomic E-state index is 0. The second kappa shape index (κ2) is 6.61. The lowest BCUT2D eigenvalue weighted by Gasteiger charge is -1.95. The van der Waals surface area contributed by atoms with Gasteiger partial charge in [-0.3, -0.25) is 4.79 Å². The lowest BCUT2D eigenvalue weighted by atomic mass is 10.2. The van der Waals surface area contributed by atoms with Gasteiger partial charge in [-0.05, 0) is 31.0 Å². The monoisotopic (exact) mass is 288 g/mol. The zero-order chi connectivity index (χ0) is 12.3. The van der Waals surface area contributed by atoms with Crippen molar-refractivity contribution in [3.8, 4) is 0 Å². The van der Waals surface area contributed by atoms with Gasteiger partial charge in [-0.15, -0.1) is 12.4 Å². The number of aryl methyl sites for hydroxylation is 1. The van der Waals surface area contributed by atoms with Crippen LogP contribution < -0.4 is 0 Å². The lowest BCUT2D eigenvalue weighted by Crippen LogP contribution is -1.95. The molecule has 0 unspecified atom stereocenters. The van der Waals surface area contributed by atoms with Gasteiger partial charge in [0.25, 0.3) is 0 Å². The van der Waals surface area contributed by atoms with Gasteiger partial charge in [0.1, 0.15) is 5.82 Å². The zero-order valence-corrected chi connectivity index (χ0v) is 11.2. The number of H-pyrrole nitrogens is 1. The summed E-state index contributed by atoms with van der Waals surface area (Å²) in [5.74, 6) is 0.133. The standard InChI is InChI=1S/C12H13ClN2O2.ClH/c13-8-5-6-9-10(7-8)15-11(14-9)3-1-2-4-12(16)17;/h5-7H,1-4H2,(H,14,15)(H,16,17);1H. The van der Waals surface area contributed by atoms with E-state index in [1.165, 1.54) is 0 Å². The minimum atomic E-state index is -0.749. The number of carbonyl (C=O) groups is 1. The minimum Gasteiger partial charge on any atom is -0.481 e. The van der Waals surface area contributed by atoms with Gasteiger partial charge in [0.2, 0.25) is 0 Å². The summed E-state index contributed by atoms with van der Waals surface area (Å²) >= 11 is 5.88. The highest BCUT2D eigenvalue weighted by molar-refractivity contribution is 6.31. The normalized spacial score (nSPS) is 10.3. The molecule has 2 aromatic rings. The quantitative estimate of drug-likeness (QED) is 0.829. The molecule has 0 aliphatic heterocycles. The number of aliphatic carboxylic acids is 1. The van der Waals surface area contributed by atoms with Crippen molar-refractivity contribution in [2.45, 2.75) is 25.7 Å². The first-order valence-electron chi connectivity index (χ1n) is 5.51. The third-order valence-corrected chi connectivity index (χ3v) is 2.78. The van der Waals surface area contributed by atoms with Crippen LogP contribution >= 0.6 is 24.0 Å². The second-order valence-electron chi connectivity index (χ2n) is 3.95. The number of imidazole rings is 1. The molecule has 0 radical (unpaired) electrons. The number of hydrogen-bond acceptors (Lipinski definition) is 2. The second-order valence-corrected chi connectivity index (χ2v) is 4.38. The van der Waals surface area contributed by atoms with Crippen molar-refractivity contribution >= 4 is 41.0 Å². The van der Waals surface area contributed by atoms with E-state index >= 15 is 0 Å². The molecule has 98 valence electrons. The molecule has 2 N–H and O–H groups in total. The Hall–Kier alpha value is -1.26. The van der Waals surface area contributed by atoms with Crippen LogP contribution in [0.4, 0.5) is 0 Å². The van der Waals surface area contributed by atoms with Crippen LogP contribution in [-0.4, -0.2) is 21.0 Å². The summed E-state index contributed by atoms with van der Waals surface area (Å²) in [5.41, 5.74) is 1.81. The van der Waals surface area contributed by atoms with Crippen LogP contribution in [0.15, 0.2) is 18.2 Å². The van der Waals surface area contributed by atoms with E-state index in [-0.39, 0.29) is 18.8 Å². The van der Waals surface area contributed by atoms with Gasteiger partial charge >= 0.3 is 5.97 Å². The highest BCUT2D eigenvalue weighted by Gasteiger charge is 2.04. The highest BCUT2D eigenvalue weighted by atomic mass is 35.5. The molecule has 0 atom stereocenters. The lowest BCUT2D eigenvalue weighted by molar-refractivity contribution is -0.137. The molecule has 0 bridgehead atoms. The molecule has 0 spiro atoms. The topological polar surface area (TPSA) is 66.0 Å². The Morgan fingerprint density at radius 3 is 2.89 bits per heavy atom. The van der Waals surface area contributed by atoms with Crippen LogP contribution in [0.3, 0.4) is 0 Å². The summed E-state index contributed by atoms with van der Waals surface area (Å²) in [6.45, 7) is 0. The average molecular weight is 289 g/mol. The molecule has 4 nitrogen and oxygen atoms in total. The average Bonchev–Trinajstić information content (AvgIpc) is 2.66. The molecule has 0 aliphatic carbocycles. The molecule has 0 amide bonds. The van der Waals surface area contributed by atoms with Gasteiger partial charge in [-0.1, -0.05) is 11.6 Å². The SMILES string of the molecule is Cl.O=C(O)CCCCc1nc2ccc(Cl)cc2[nH]1. The Morgan fingerprint density at radius 1 is 1.39 bits per heavy atom. The van der Waals surface area contributed by atoms with Crippen LogP contribution in [0, 0.1) is 0 Å². The van der Waals surface area contributed by atoms with E-state index in [1.54, 1.807) is 6.07 Å². The smallest absolute Gasteiger partial charge is 0.303 e. The van der Waals surface area contributed by atoms with Crippen molar-refractivity contribution in [1.29, 1.82) is 0 Å². The molecule has 1 aromatic heterocycles. The zero-order valence-electron chi connectivity index (χ0n) is 9.65. The van der Waals surface area contributed by atoms with Crippen molar-refractivity contribution in [1.82, 2.24) is 9.97 Å². The fourth-order valence-electron chi connectivity index (χ4n) is 1.72. The molecule has 2 rings (SSSR count). The molecule has 0 aliphatic rings. The van der Waals surface area contributed by atoms with E-state index in [1.807, 2.05) is 12.1 Å². The Labute approximate surface area is 116 Å². The van der Waals surface area contributed by atoms with Crippen molar-refractivity contribution in [2.75, 3.05) is 0 Å². The predicted molar refractivity (Wildman–Crippen MR) is 73.5 cm³/mol. The Balaban J connectivity index is 0.00000162. The molecular weight excluding hydrogens is 275 g/mol. The number of aromatic amines is 1. The van der Waals surface area contributed by atoms with Crippen LogP contribution in [-0.2, 0) is 11.2 Å². The summed E-state index contributed by atoms with van der Waals surface area (Å²) in [5, 5.41) is 9.20. The first kappa shape index (κ1) is 14.8. The van der Waals surface area contributed by atoms with Gasteiger partial charge in [-0.2, -0.15) is 0 Å². The summed E-state index contributed by atoms with van der Waals surface area (Å²) in [6.07, 6.45) is 2.47. The number of carboxylic acids is 1. The highest BCUT2D eigenvalue weighted by Crippen LogP contribution is 2.17. The van der Waals surface area contributed by atoms with Crippen molar-refractivity contribution in [2.24, 2.45) is 0 Å². The summed E-state index contributed by atoms with van der Waals surface area (Å²) in [6, 6.07) is 5.51. The predicted octanol–water partition coefficient (Wildman–Crippen LogP) is 3.44. The van der Waals surface area contributed by atoms with E-state index in [2.05, 4.69) is 9.97 Å².